The van der Waals surface area contributed by atoms with E-state index in [1.54, 1.807) is 6.92 Å². The molecule has 0 bridgehead atoms. The zero-order valence-corrected chi connectivity index (χ0v) is 18.0. The molecule has 3 N–H and O–H groups in total. The van der Waals surface area contributed by atoms with Gasteiger partial charge in [-0.2, -0.15) is 0 Å². The Labute approximate surface area is 187 Å². The number of rotatable bonds is 8. The molecule has 2 aromatic carbocycles. The van der Waals surface area contributed by atoms with E-state index in [0.717, 1.165) is 11.1 Å². The minimum Gasteiger partial charge on any atom is -0.481 e. The molecular formula is C25H28N2O5. The number of carbonyl (C=O) groups excluding carboxylic acids is 2. The van der Waals surface area contributed by atoms with Gasteiger partial charge in [-0.3, -0.25) is 9.59 Å². The molecule has 0 spiro atoms. The molecule has 2 aliphatic carbocycles. The molecule has 0 saturated heterocycles. The molecular weight excluding hydrogens is 408 g/mol. The van der Waals surface area contributed by atoms with Crippen LogP contribution in [0.2, 0.25) is 0 Å². The van der Waals surface area contributed by atoms with Crippen molar-refractivity contribution in [2.24, 2.45) is 5.92 Å². The van der Waals surface area contributed by atoms with Crippen LogP contribution in [0.1, 0.15) is 49.7 Å². The second-order valence-electron chi connectivity index (χ2n) is 8.77. The Bertz CT molecular complexity index is 969. The fourth-order valence-electron chi connectivity index (χ4n) is 4.72. The summed E-state index contributed by atoms with van der Waals surface area (Å²) >= 11 is 0. The predicted octanol–water partition coefficient (Wildman–Crippen LogP) is 3.67. The lowest BCUT2D eigenvalue weighted by molar-refractivity contribution is -0.139. The van der Waals surface area contributed by atoms with Gasteiger partial charge in [0.25, 0.3) is 0 Å². The number of fused-ring (bicyclic) bond motifs is 3. The van der Waals surface area contributed by atoms with Gasteiger partial charge in [-0.1, -0.05) is 48.5 Å². The second-order valence-corrected chi connectivity index (χ2v) is 8.77. The molecule has 2 aliphatic rings. The molecule has 2 amide bonds. The van der Waals surface area contributed by atoms with Crippen molar-refractivity contribution in [2.45, 2.75) is 50.6 Å². The first-order valence-electron chi connectivity index (χ1n) is 11.0. The van der Waals surface area contributed by atoms with E-state index < -0.39 is 12.1 Å². The number of amides is 2. The highest BCUT2D eigenvalue weighted by atomic mass is 16.5. The molecule has 0 radical (unpaired) electrons. The summed E-state index contributed by atoms with van der Waals surface area (Å²) in [5, 5.41) is 14.4. The minimum absolute atomic E-state index is 0.0101. The van der Waals surface area contributed by atoms with Crippen LogP contribution in [0, 0.1) is 5.92 Å². The number of ether oxygens (including phenoxy) is 1. The highest BCUT2D eigenvalue weighted by Gasteiger charge is 2.32. The number of nitrogens with one attached hydrogen (secondary N) is 2. The maximum atomic E-state index is 12.3. The van der Waals surface area contributed by atoms with Gasteiger partial charge in [0, 0.05) is 30.8 Å². The van der Waals surface area contributed by atoms with Gasteiger partial charge in [0.05, 0.1) is 0 Å². The Morgan fingerprint density at radius 2 is 1.62 bits per heavy atom. The summed E-state index contributed by atoms with van der Waals surface area (Å²) in [7, 11) is 0. The number of aliphatic carboxylic acids is 1. The van der Waals surface area contributed by atoms with E-state index >= 15 is 0 Å². The standard InChI is InChI=1S/C25H28N2O5/c1-15(10-23(28)27-17-11-16(12-17)13-24(29)30)26-25(31)32-14-22-20-8-4-2-6-18(20)19-7-3-5-9-21(19)22/h2-9,15-17,22H,10-14H2,1H3,(H,26,31)(H,27,28)(H,29,30). The van der Waals surface area contributed by atoms with Gasteiger partial charge in [-0.05, 0) is 47.9 Å². The normalized spacial score (nSPS) is 19.8. The monoisotopic (exact) mass is 436 g/mol. The molecule has 4 rings (SSSR count). The highest BCUT2D eigenvalue weighted by molar-refractivity contribution is 5.79. The maximum Gasteiger partial charge on any atom is 0.407 e. The summed E-state index contributed by atoms with van der Waals surface area (Å²) in [6.45, 7) is 1.99. The fourth-order valence-corrected chi connectivity index (χ4v) is 4.72. The highest BCUT2D eigenvalue weighted by Crippen LogP contribution is 2.44. The lowest BCUT2D eigenvalue weighted by Crippen LogP contribution is -2.46. The van der Waals surface area contributed by atoms with Gasteiger partial charge in [-0.25, -0.2) is 4.79 Å². The van der Waals surface area contributed by atoms with Crippen LogP contribution < -0.4 is 10.6 Å². The average molecular weight is 437 g/mol. The Morgan fingerprint density at radius 3 is 2.22 bits per heavy atom. The molecule has 7 nitrogen and oxygen atoms in total. The molecule has 1 unspecified atom stereocenters. The van der Waals surface area contributed by atoms with Crippen molar-refractivity contribution in [2.75, 3.05) is 6.61 Å². The van der Waals surface area contributed by atoms with Crippen LogP contribution in [0.15, 0.2) is 48.5 Å². The first-order chi connectivity index (χ1) is 15.4. The smallest absolute Gasteiger partial charge is 0.407 e. The molecule has 1 atom stereocenters. The van der Waals surface area contributed by atoms with Crippen molar-refractivity contribution in [3.8, 4) is 11.1 Å². The van der Waals surface area contributed by atoms with Crippen LogP contribution in [0.5, 0.6) is 0 Å². The molecule has 7 heteroatoms. The van der Waals surface area contributed by atoms with Gasteiger partial charge < -0.3 is 20.5 Å². The first kappa shape index (κ1) is 21.9. The van der Waals surface area contributed by atoms with Crippen LogP contribution in [0.4, 0.5) is 4.79 Å². The molecule has 0 aromatic heterocycles. The number of carbonyl (C=O) groups is 3. The summed E-state index contributed by atoms with van der Waals surface area (Å²) in [5.74, 6) is -0.839. The molecule has 32 heavy (non-hydrogen) atoms. The van der Waals surface area contributed by atoms with Crippen molar-refractivity contribution < 1.29 is 24.2 Å². The zero-order valence-electron chi connectivity index (χ0n) is 18.0. The predicted molar refractivity (Wildman–Crippen MR) is 119 cm³/mol. The molecule has 1 saturated carbocycles. The number of alkyl carbamates (subject to hydrolysis) is 1. The van der Waals surface area contributed by atoms with Crippen molar-refractivity contribution in [3.63, 3.8) is 0 Å². The Morgan fingerprint density at radius 1 is 1.03 bits per heavy atom. The maximum absolute atomic E-state index is 12.3. The third-order valence-electron chi connectivity index (χ3n) is 6.26. The summed E-state index contributed by atoms with van der Waals surface area (Å²) in [5.41, 5.74) is 4.64. The van der Waals surface area contributed by atoms with Crippen LogP contribution in [-0.2, 0) is 14.3 Å². The van der Waals surface area contributed by atoms with Crippen LogP contribution in [0.3, 0.4) is 0 Å². The van der Waals surface area contributed by atoms with E-state index in [9.17, 15) is 14.4 Å². The van der Waals surface area contributed by atoms with Crippen LogP contribution >= 0.6 is 0 Å². The summed E-state index contributed by atoms with van der Waals surface area (Å²) in [4.78, 5) is 35.2. The van der Waals surface area contributed by atoms with Crippen molar-refractivity contribution in [3.05, 3.63) is 59.7 Å². The number of hydrogen-bond acceptors (Lipinski definition) is 4. The molecule has 0 aliphatic heterocycles. The first-order valence-corrected chi connectivity index (χ1v) is 11.0. The SMILES string of the molecule is CC(CC(=O)NC1CC(CC(=O)O)C1)NC(=O)OCC1c2ccccc2-c2ccccc21. The van der Waals surface area contributed by atoms with Crippen molar-refractivity contribution in [1.29, 1.82) is 0 Å². The molecule has 168 valence electrons. The van der Waals surface area contributed by atoms with E-state index in [2.05, 4.69) is 34.9 Å². The number of hydrogen-bond donors (Lipinski definition) is 3. The molecule has 0 heterocycles. The number of carboxylic acids is 1. The Hall–Kier alpha value is -3.35. The van der Waals surface area contributed by atoms with Gasteiger partial charge in [-0.15, -0.1) is 0 Å². The van der Waals surface area contributed by atoms with E-state index in [1.807, 2.05) is 24.3 Å². The zero-order chi connectivity index (χ0) is 22.7. The number of benzene rings is 2. The van der Waals surface area contributed by atoms with Crippen molar-refractivity contribution in [1.82, 2.24) is 10.6 Å². The lowest BCUT2D eigenvalue weighted by Gasteiger charge is -2.35. The minimum atomic E-state index is -0.805. The van der Waals surface area contributed by atoms with Gasteiger partial charge in [0.2, 0.25) is 5.91 Å². The van der Waals surface area contributed by atoms with Crippen LogP contribution in [-0.4, -0.2) is 41.8 Å². The summed E-state index contributed by atoms with van der Waals surface area (Å²) in [6.07, 6.45) is 1.12. The lowest BCUT2D eigenvalue weighted by atomic mass is 9.78. The third kappa shape index (κ3) is 4.93. The number of carboxylic acid groups (broad SMARTS) is 1. The molecule has 2 aromatic rings. The average Bonchev–Trinajstić information content (AvgIpc) is 3.04. The topological polar surface area (TPSA) is 105 Å². The largest absolute Gasteiger partial charge is 0.481 e. The fraction of sp³-hybridized carbons (Fsp3) is 0.400. The van der Waals surface area contributed by atoms with Gasteiger partial charge in [0.1, 0.15) is 6.61 Å². The Balaban J connectivity index is 1.22. The van der Waals surface area contributed by atoms with E-state index in [-0.39, 0.29) is 49.3 Å². The third-order valence-corrected chi connectivity index (χ3v) is 6.26. The summed E-state index contributed by atoms with van der Waals surface area (Å²) < 4.78 is 5.52. The summed E-state index contributed by atoms with van der Waals surface area (Å²) in [6, 6.07) is 15.9. The van der Waals surface area contributed by atoms with E-state index in [4.69, 9.17) is 9.84 Å². The van der Waals surface area contributed by atoms with Gasteiger partial charge in [0.15, 0.2) is 0 Å². The van der Waals surface area contributed by atoms with E-state index in [0.29, 0.717) is 12.8 Å². The van der Waals surface area contributed by atoms with E-state index in [1.165, 1.54) is 11.1 Å². The molecule has 1 fully saturated rings. The van der Waals surface area contributed by atoms with Crippen LogP contribution in [0.25, 0.3) is 11.1 Å². The van der Waals surface area contributed by atoms with Gasteiger partial charge >= 0.3 is 12.1 Å². The second kappa shape index (κ2) is 9.42. The Kier molecular flexibility index (Phi) is 6.44. The quantitative estimate of drug-likeness (QED) is 0.586. The van der Waals surface area contributed by atoms with Crippen molar-refractivity contribution >= 4 is 18.0 Å².